The number of nitrogens with zero attached hydrogens (tertiary/aromatic N) is 1. The molecule has 126 valence electrons. The van der Waals surface area contributed by atoms with Crippen molar-refractivity contribution in [3.05, 3.63) is 58.1 Å². The Kier molecular flexibility index (Phi) is 6.34. The molecule has 0 aliphatic rings. The summed E-state index contributed by atoms with van der Waals surface area (Å²) in [6, 6.07) is 11.8. The molecule has 0 heterocycles. The number of amides is 1. The maximum Gasteiger partial charge on any atom is 0.273 e. The van der Waals surface area contributed by atoms with Gasteiger partial charge in [0.1, 0.15) is 0 Å². The van der Waals surface area contributed by atoms with Gasteiger partial charge in [0.15, 0.2) is 17.6 Å². The second-order valence-electron chi connectivity index (χ2n) is 4.83. The average Bonchev–Trinajstić information content (AvgIpc) is 2.59. The molecule has 0 spiro atoms. The summed E-state index contributed by atoms with van der Waals surface area (Å²) in [5.74, 6) is -0.332. The van der Waals surface area contributed by atoms with Crippen molar-refractivity contribution >= 4 is 28.1 Å². The molecule has 0 saturated carbocycles. The van der Waals surface area contributed by atoms with Gasteiger partial charge in [0.2, 0.25) is 0 Å². The summed E-state index contributed by atoms with van der Waals surface area (Å²) in [5, 5.41) is 23.6. The Bertz CT molecular complexity index is 735. The molecule has 6 nitrogen and oxygen atoms in total. The van der Waals surface area contributed by atoms with E-state index < -0.39 is 12.0 Å². The number of ether oxygens (including phenoxy) is 1. The van der Waals surface area contributed by atoms with Crippen molar-refractivity contribution in [2.75, 3.05) is 6.61 Å². The molecule has 0 aromatic heterocycles. The number of hydrazone groups is 1. The van der Waals surface area contributed by atoms with Gasteiger partial charge in [-0.2, -0.15) is 5.10 Å². The van der Waals surface area contributed by atoms with Gasteiger partial charge < -0.3 is 14.9 Å². The van der Waals surface area contributed by atoms with Crippen molar-refractivity contribution in [3.63, 3.8) is 0 Å². The van der Waals surface area contributed by atoms with E-state index in [9.17, 15) is 15.0 Å². The van der Waals surface area contributed by atoms with Crippen molar-refractivity contribution < 1.29 is 19.7 Å². The van der Waals surface area contributed by atoms with Gasteiger partial charge in [-0.3, -0.25) is 4.79 Å². The monoisotopic (exact) mass is 392 g/mol. The fourth-order valence-electron chi connectivity index (χ4n) is 1.95. The van der Waals surface area contributed by atoms with Gasteiger partial charge in [0.05, 0.1) is 17.3 Å². The molecule has 2 aromatic carbocycles. The largest absolute Gasteiger partial charge is 0.503 e. The van der Waals surface area contributed by atoms with Crippen LogP contribution in [0.5, 0.6) is 11.5 Å². The minimum Gasteiger partial charge on any atom is -0.503 e. The molecule has 1 atom stereocenters. The minimum absolute atomic E-state index is 0.00228. The first-order valence-electron chi connectivity index (χ1n) is 7.24. The Morgan fingerprint density at radius 3 is 2.75 bits per heavy atom. The first-order valence-corrected chi connectivity index (χ1v) is 8.03. The summed E-state index contributed by atoms with van der Waals surface area (Å²) in [5.41, 5.74) is 3.37. The van der Waals surface area contributed by atoms with Crippen molar-refractivity contribution in [1.82, 2.24) is 5.43 Å². The molecule has 7 heteroatoms. The highest BCUT2D eigenvalue weighted by Gasteiger charge is 2.16. The summed E-state index contributed by atoms with van der Waals surface area (Å²) < 4.78 is 5.76. The lowest BCUT2D eigenvalue weighted by atomic mass is 10.1. The van der Waals surface area contributed by atoms with Crippen molar-refractivity contribution in [2.24, 2.45) is 5.10 Å². The predicted octanol–water partition coefficient (Wildman–Crippen LogP) is 2.74. The Morgan fingerprint density at radius 2 is 2.08 bits per heavy atom. The topological polar surface area (TPSA) is 91.2 Å². The molecule has 0 aliphatic heterocycles. The standard InChI is InChI=1S/C17H17BrN2O4/c1-2-24-14-9-11(8-13(18)16(14)22)10-19-20-17(23)15(21)12-6-4-3-5-7-12/h3-10,15,21-22H,2H2,1H3,(H,20,23)/b19-10-/t15-/m0/s1. The van der Waals surface area contributed by atoms with Gasteiger partial charge in [-0.05, 0) is 46.1 Å². The van der Waals surface area contributed by atoms with Crippen LogP contribution in [0, 0.1) is 0 Å². The number of phenolic OH excluding ortho intramolecular Hbond substituents is 1. The van der Waals surface area contributed by atoms with Crippen LogP contribution in [-0.2, 0) is 4.79 Å². The van der Waals surface area contributed by atoms with E-state index in [1.807, 2.05) is 0 Å². The zero-order valence-corrected chi connectivity index (χ0v) is 14.5. The van der Waals surface area contributed by atoms with Crippen LogP contribution in [-0.4, -0.2) is 28.9 Å². The lowest BCUT2D eigenvalue weighted by molar-refractivity contribution is -0.129. The molecule has 1 amide bonds. The quantitative estimate of drug-likeness (QED) is 0.520. The maximum atomic E-state index is 11.9. The van der Waals surface area contributed by atoms with Crippen molar-refractivity contribution in [3.8, 4) is 11.5 Å². The van der Waals surface area contributed by atoms with E-state index in [-0.39, 0.29) is 5.75 Å². The highest BCUT2D eigenvalue weighted by molar-refractivity contribution is 9.10. The highest BCUT2D eigenvalue weighted by Crippen LogP contribution is 2.35. The van der Waals surface area contributed by atoms with Crippen LogP contribution in [0.1, 0.15) is 24.2 Å². The molecule has 24 heavy (non-hydrogen) atoms. The zero-order valence-electron chi connectivity index (χ0n) is 12.9. The SMILES string of the molecule is CCOc1cc(/C=N\NC(=O)[C@@H](O)c2ccccc2)cc(Br)c1O. The lowest BCUT2D eigenvalue weighted by Crippen LogP contribution is -2.25. The third-order valence-corrected chi connectivity index (χ3v) is 3.71. The average molecular weight is 393 g/mol. The molecule has 2 rings (SSSR count). The van der Waals surface area contributed by atoms with E-state index in [0.29, 0.717) is 28.0 Å². The number of nitrogens with one attached hydrogen (secondary N) is 1. The van der Waals surface area contributed by atoms with Crippen LogP contribution in [0.4, 0.5) is 0 Å². The van der Waals surface area contributed by atoms with E-state index in [1.54, 1.807) is 49.4 Å². The fraction of sp³-hybridized carbons (Fsp3) is 0.176. The number of aliphatic hydroxyl groups is 1. The summed E-state index contributed by atoms with van der Waals surface area (Å²) in [6.07, 6.45) is 0.0939. The van der Waals surface area contributed by atoms with Gasteiger partial charge in [0.25, 0.3) is 5.91 Å². The Labute approximate surface area is 147 Å². The number of aromatic hydroxyl groups is 1. The first-order chi connectivity index (χ1) is 11.5. The van der Waals surface area contributed by atoms with Gasteiger partial charge >= 0.3 is 0 Å². The van der Waals surface area contributed by atoms with E-state index in [0.717, 1.165) is 0 Å². The second-order valence-corrected chi connectivity index (χ2v) is 5.68. The van der Waals surface area contributed by atoms with E-state index in [2.05, 4.69) is 26.5 Å². The van der Waals surface area contributed by atoms with E-state index in [1.165, 1.54) is 6.21 Å². The Morgan fingerprint density at radius 1 is 1.38 bits per heavy atom. The third kappa shape index (κ3) is 4.56. The normalized spacial score (nSPS) is 12.1. The van der Waals surface area contributed by atoms with Crippen molar-refractivity contribution in [1.29, 1.82) is 0 Å². The molecular formula is C17H17BrN2O4. The molecular weight excluding hydrogens is 376 g/mol. The summed E-state index contributed by atoms with van der Waals surface area (Å²) in [6.45, 7) is 2.21. The summed E-state index contributed by atoms with van der Waals surface area (Å²) >= 11 is 3.22. The molecule has 0 saturated heterocycles. The van der Waals surface area contributed by atoms with Gasteiger partial charge in [0, 0.05) is 0 Å². The van der Waals surface area contributed by atoms with Crippen molar-refractivity contribution in [2.45, 2.75) is 13.0 Å². The van der Waals surface area contributed by atoms with Crippen LogP contribution in [0.15, 0.2) is 52.0 Å². The Balaban J connectivity index is 2.05. The lowest BCUT2D eigenvalue weighted by Gasteiger charge is -2.09. The number of aliphatic hydroxyl groups excluding tert-OH is 1. The number of hydrogen-bond donors (Lipinski definition) is 3. The Hall–Kier alpha value is -2.38. The van der Waals surface area contributed by atoms with Crippen LogP contribution >= 0.6 is 15.9 Å². The smallest absolute Gasteiger partial charge is 0.273 e. The number of carbonyl (C=O) groups excluding carboxylic acids is 1. The van der Waals surface area contributed by atoms with Gasteiger partial charge in [-0.1, -0.05) is 30.3 Å². The van der Waals surface area contributed by atoms with Gasteiger partial charge in [-0.25, -0.2) is 5.43 Å². The number of hydrogen-bond acceptors (Lipinski definition) is 5. The predicted molar refractivity (Wildman–Crippen MR) is 94.1 cm³/mol. The molecule has 2 aromatic rings. The fourth-order valence-corrected chi connectivity index (χ4v) is 2.41. The first kappa shape index (κ1) is 18.0. The van der Waals surface area contributed by atoms with Crippen LogP contribution in [0.3, 0.4) is 0 Å². The molecule has 3 N–H and O–H groups in total. The molecule has 0 aliphatic carbocycles. The molecule has 0 unspecified atom stereocenters. The van der Waals surface area contributed by atoms with Crippen LogP contribution in [0.25, 0.3) is 0 Å². The number of rotatable bonds is 6. The highest BCUT2D eigenvalue weighted by atomic mass is 79.9. The number of benzene rings is 2. The van der Waals surface area contributed by atoms with Gasteiger partial charge in [-0.15, -0.1) is 0 Å². The number of phenols is 1. The second kappa shape index (κ2) is 8.47. The number of carbonyl (C=O) groups is 1. The number of halogens is 1. The summed E-state index contributed by atoms with van der Waals surface area (Å²) in [4.78, 5) is 11.9. The maximum absolute atomic E-state index is 11.9. The summed E-state index contributed by atoms with van der Waals surface area (Å²) in [7, 11) is 0. The van der Waals surface area contributed by atoms with E-state index >= 15 is 0 Å². The molecule has 0 radical (unpaired) electrons. The minimum atomic E-state index is -1.30. The van der Waals surface area contributed by atoms with Crippen LogP contribution < -0.4 is 10.2 Å². The van der Waals surface area contributed by atoms with Crippen LogP contribution in [0.2, 0.25) is 0 Å². The van der Waals surface area contributed by atoms with E-state index in [4.69, 9.17) is 4.74 Å². The molecule has 0 bridgehead atoms. The molecule has 0 fully saturated rings. The third-order valence-electron chi connectivity index (χ3n) is 3.10. The zero-order chi connectivity index (χ0) is 17.5.